The van der Waals surface area contributed by atoms with E-state index in [2.05, 4.69) is 5.32 Å². The maximum Gasteiger partial charge on any atom is 0.321 e. The molecule has 1 aliphatic heterocycles. The lowest BCUT2D eigenvalue weighted by molar-refractivity contribution is -0.131. The van der Waals surface area contributed by atoms with Gasteiger partial charge in [-0.1, -0.05) is 18.9 Å². The Balaban J connectivity index is 1.68. The van der Waals surface area contributed by atoms with E-state index in [1.807, 2.05) is 18.2 Å². The van der Waals surface area contributed by atoms with Crippen LogP contribution in [0, 0.1) is 11.3 Å². The first kappa shape index (κ1) is 16.6. The van der Waals surface area contributed by atoms with Crippen molar-refractivity contribution in [2.24, 2.45) is 17.1 Å². The van der Waals surface area contributed by atoms with E-state index in [1.54, 1.807) is 18.1 Å². The van der Waals surface area contributed by atoms with Crippen molar-refractivity contribution in [1.29, 1.82) is 0 Å². The summed E-state index contributed by atoms with van der Waals surface area (Å²) in [7, 11) is 1.59. The van der Waals surface area contributed by atoms with E-state index < -0.39 is 5.41 Å². The number of hydrogen-bond donors (Lipinski definition) is 2. The number of nitrogens with zero attached hydrogens (tertiary/aromatic N) is 1. The standard InChI is InChI=1S/C18H25N3O3/c1-24-15-5-2-4-14(10-15)20-17(23)21-9-3-8-18(12-21,16(19)22)11-13-6-7-13/h2,4-5,10,13H,3,6-9,11-12H2,1H3,(H2,19,22)(H,20,23). The van der Waals surface area contributed by atoms with Crippen molar-refractivity contribution >= 4 is 17.6 Å². The van der Waals surface area contributed by atoms with Crippen LogP contribution in [0.25, 0.3) is 0 Å². The predicted octanol–water partition coefficient (Wildman–Crippen LogP) is 2.59. The highest BCUT2D eigenvalue weighted by molar-refractivity contribution is 5.90. The average molecular weight is 331 g/mol. The molecule has 3 amide bonds. The number of hydrogen-bond acceptors (Lipinski definition) is 3. The van der Waals surface area contributed by atoms with Gasteiger partial charge in [0.1, 0.15) is 5.75 Å². The molecule has 1 aromatic carbocycles. The fourth-order valence-corrected chi connectivity index (χ4v) is 3.55. The number of likely N-dealkylation sites (tertiary alicyclic amines) is 1. The van der Waals surface area contributed by atoms with Crippen molar-refractivity contribution in [1.82, 2.24) is 4.90 Å². The Morgan fingerprint density at radius 2 is 2.21 bits per heavy atom. The molecule has 2 fully saturated rings. The van der Waals surface area contributed by atoms with Gasteiger partial charge in [0.05, 0.1) is 12.5 Å². The van der Waals surface area contributed by atoms with E-state index in [0.717, 1.165) is 19.3 Å². The molecule has 1 aromatic rings. The van der Waals surface area contributed by atoms with Crippen LogP contribution in [0.3, 0.4) is 0 Å². The van der Waals surface area contributed by atoms with Gasteiger partial charge in [0, 0.05) is 24.8 Å². The van der Waals surface area contributed by atoms with Crippen molar-refractivity contribution in [3.63, 3.8) is 0 Å². The fourth-order valence-electron chi connectivity index (χ4n) is 3.55. The molecule has 6 heteroatoms. The number of carbonyl (C=O) groups is 2. The summed E-state index contributed by atoms with van der Waals surface area (Å²) in [6.07, 6.45) is 4.74. The zero-order valence-electron chi connectivity index (χ0n) is 14.1. The number of nitrogens with one attached hydrogen (secondary N) is 1. The molecular weight excluding hydrogens is 306 g/mol. The van der Waals surface area contributed by atoms with Crippen LogP contribution in [0.4, 0.5) is 10.5 Å². The summed E-state index contributed by atoms with van der Waals surface area (Å²) in [5.74, 6) is 1.01. The smallest absolute Gasteiger partial charge is 0.321 e. The molecule has 24 heavy (non-hydrogen) atoms. The van der Waals surface area contributed by atoms with Crippen LogP contribution in [0.2, 0.25) is 0 Å². The molecular formula is C18H25N3O3. The number of ether oxygens (including phenoxy) is 1. The van der Waals surface area contributed by atoms with Gasteiger partial charge in [-0.2, -0.15) is 0 Å². The Bertz CT molecular complexity index is 630. The minimum absolute atomic E-state index is 0.190. The van der Waals surface area contributed by atoms with E-state index in [0.29, 0.717) is 30.4 Å². The number of methoxy groups -OCH3 is 1. The van der Waals surface area contributed by atoms with Gasteiger partial charge in [-0.15, -0.1) is 0 Å². The lowest BCUT2D eigenvalue weighted by Crippen LogP contribution is -2.53. The molecule has 0 spiro atoms. The number of nitrogens with two attached hydrogens (primary N) is 1. The summed E-state index contributed by atoms with van der Waals surface area (Å²) in [5, 5.41) is 2.89. The lowest BCUT2D eigenvalue weighted by Gasteiger charge is -2.40. The molecule has 1 aliphatic carbocycles. The van der Waals surface area contributed by atoms with E-state index >= 15 is 0 Å². The third-order valence-corrected chi connectivity index (χ3v) is 5.08. The van der Waals surface area contributed by atoms with Crippen LogP contribution in [0.5, 0.6) is 5.75 Å². The van der Waals surface area contributed by atoms with Gasteiger partial charge in [0.25, 0.3) is 0 Å². The molecule has 6 nitrogen and oxygen atoms in total. The summed E-state index contributed by atoms with van der Waals surface area (Å²) in [4.78, 5) is 26.4. The Morgan fingerprint density at radius 3 is 2.88 bits per heavy atom. The summed E-state index contributed by atoms with van der Waals surface area (Å²) >= 11 is 0. The Labute approximate surface area is 142 Å². The second-order valence-electron chi connectivity index (χ2n) is 6.98. The average Bonchev–Trinajstić information content (AvgIpc) is 3.39. The summed E-state index contributed by atoms with van der Waals surface area (Å²) in [5.41, 5.74) is 5.83. The molecule has 0 aromatic heterocycles. The number of piperidine rings is 1. The fraction of sp³-hybridized carbons (Fsp3) is 0.556. The summed E-state index contributed by atoms with van der Waals surface area (Å²) in [6, 6.07) is 7.04. The third kappa shape index (κ3) is 3.63. The van der Waals surface area contributed by atoms with Gasteiger partial charge in [0.15, 0.2) is 0 Å². The first-order valence-corrected chi connectivity index (χ1v) is 8.52. The molecule has 2 aliphatic rings. The van der Waals surface area contributed by atoms with Gasteiger partial charge in [-0.3, -0.25) is 4.79 Å². The number of amides is 3. The monoisotopic (exact) mass is 331 g/mol. The quantitative estimate of drug-likeness (QED) is 0.870. The van der Waals surface area contributed by atoms with Crippen molar-refractivity contribution in [3.05, 3.63) is 24.3 Å². The summed E-state index contributed by atoms with van der Waals surface area (Å²) < 4.78 is 5.17. The normalized spacial score (nSPS) is 23.6. The Kier molecular flexibility index (Phi) is 4.64. The molecule has 0 bridgehead atoms. The summed E-state index contributed by atoms with van der Waals surface area (Å²) in [6.45, 7) is 1.06. The van der Waals surface area contributed by atoms with Crippen LogP contribution in [-0.4, -0.2) is 37.0 Å². The number of benzene rings is 1. The SMILES string of the molecule is COc1cccc(NC(=O)N2CCCC(CC3CC3)(C(N)=O)C2)c1. The third-order valence-electron chi connectivity index (χ3n) is 5.08. The Morgan fingerprint density at radius 1 is 1.42 bits per heavy atom. The molecule has 1 atom stereocenters. The largest absolute Gasteiger partial charge is 0.497 e. The van der Waals surface area contributed by atoms with Crippen molar-refractivity contribution in [2.45, 2.75) is 32.1 Å². The van der Waals surface area contributed by atoms with Crippen molar-refractivity contribution in [2.75, 3.05) is 25.5 Å². The van der Waals surface area contributed by atoms with E-state index in [1.165, 1.54) is 12.8 Å². The second-order valence-corrected chi connectivity index (χ2v) is 6.98. The maximum atomic E-state index is 12.6. The number of carbonyl (C=O) groups excluding carboxylic acids is 2. The minimum Gasteiger partial charge on any atom is -0.497 e. The van der Waals surface area contributed by atoms with E-state index in [4.69, 9.17) is 10.5 Å². The highest BCUT2D eigenvalue weighted by atomic mass is 16.5. The van der Waals surface area contributed by atoms with E-state index in [-0.39, 0.29) is 11.9 Å². The van der Waals surface area contributed by atoms with Gasteiger partial charge in [-0.25, -0.2) is 4.79 Å². The molecule has 3 rings (SSSR count). The zero-order chi connectivity index (χ0) is 17.2. The maximum absolute atomic E-state index is 12.6. The second kappa shape index (κ2) is 6.71. The minimum atomic E-state index is -0.564. The molecule has 1 unspecified atom stereocenters. The molecule has 3 N–H and O–H groups in total. The van der Waals surface area contributed by atoms with E-state index in [9.17, 15) is 9.59 Å². The van der Waals surface area contributed by atoms with Gasteiger partial charge >= 0.3 is 6.03 Å². The lowest BCUT2D eigenvalue weighted by atomic mass is 9.75. The van der Waals surface area contributed by atoms with Crippen LogP contribution >= 0.6 is 0 Å². The number of primary amides is 1. The highest BCUT2D eigenvalue weighted by Gasteiger charge is 2.45. The number of anilines is 1. The van der Waals surface area contributed by atoms with Gasteiger partial charge in [0.2, 0.25) is 5.91 Å². The topological polar surface area (TPSA) is 84.7 Å². The molecule has 1 saturated carbocycles. The van der Waals surface area contributed by atoms with Crippen LogP contribution in [-0.2, 0) is 4.79 Å². The van der Waals surface area contributed by atoms with Gasteiger partial charge in [-0.05, 0) is 37.3 Å². The first-order valence-electron chi connectivity index (χ1n) is 8.52. The van der Waals surface area contributed by atoms with Crippen LogP contribution < -0.4 is 15.8 Å². The number of urea groups is 1. The number of rotatable bonds is 5. The van der Waals surface area contributed by atoms with Crippen LogP contribution in [0.1, 0.15) is 32.1 Å². The molecule has 130 valence electrons. The molecule has 0 radical (unpaired) electrons. The van der Waals surface area contributed by atoms with Crippen LogP contribution in [0.15, 0.2) is 24.3 Å². The molecule has 1 heterocycles. The predicted molar refractivity (Wildman–Crippen MR) is 91.8 cm³/mol. The van der Waals surface area contributed by atoms with Crippen molar-refractivity contribution in [3.8, 4) is 5.75 Å². The highest BCUT2D eigenvalue weighted by Crippen LogP contribution is 2.44. The van der Waals surface area contributed by atoms with Crippen molar-refractivity contribution < 1.29 is 14.3 Å². The Hall–Kier alpha value is -2.24. The first-order chi connectivity index (χ1) is 11.5. The molecule has 1 saturated heterocycles. The van der Waals surface area contributed by atoms with Gasteiger partial charge < -0.3 is 20.7 Å². The zero-order valence-corrected chi connectivity index (χ0v) is 14.1.